The predicted octanol–water partition coefficient (Wildman–Crippen LogP) is 1.82. The molecule has 1 amide bonds. The summed E-state index contributed by atoms with van der Waals surface area (Å²) < 4.78 is 29.3. The van der Waals surface area contributed by atoms with Gasteiger partial charge in [-0.25, -0.2) is 13.2 Å². The van der Waals surface area contributed by atoms with Crippen LogP contribution in [0.15, 0.2) is 65.6 Å². The highest BCUT2D eigenvalue weighted by Crippen LogP contribution is 2.13. The molecule has 25 heavy (non-hydrogen) atoms. The second-order valence-electron chi connectivity index (χ2n) is 5.34. The van der Waals surface area contributed by atoms with Gasteiger partial charge >= 0.3 is 5.97 Å². The van der Waals surface area contributed by atoms with Gasteiger partial charge in [0.15, 0.2) is 9.84 Å². The molecule has 0 fully saturated rings. The average molecular weight is 361 g/mol. The summed E-state index contributed by atoms with van der Waals surface area (Å²) in [5, 5.41) is 2.53. The van der Waals surface area contributed by atoms with E-state index >= 15 is 0 Å². The van der Waals surface area contributed by atoms with E-state index in [0.717, 1.165) is 0 Å². The summed E-state index contributed by atoms with van der Waals surface area (Å²) >= 11 is 0. The Morgan fingerprint density at radius 2 is 1.56 bits per heavy atom. The van der Waals surface area contributed by atoms with Crippen LogP contribution in [0, 0.1) is 0 Å². The molecule has 0 aliphatic carbocycles. The molecule has 0 heterocycles. The topological polar surface area (TPSA) is 89.5 Å². The van der Waals surface area contributed by atoms with Crippen molar-refractivity contribution in [3.05, 3.63) is 66.2 Å². The molecule has 6 nitrogen and oxygen atoms in total. The molecule has 7 heteroatoms. The van der Waals surface area contributed by atoms with Crippen LogP contribution in [0.2, 0.25) is 0 Å². The highest BCUT2D eigenvalue weighted by molar-refractivity contribution is 7.91. The van der Waals surface area contributed by atoms with Gasteiger partial charge in [0.05, 0.1) is 17.8 Å². The lowest BCUT2D eigenvalue weighted by Gasteiger charge is -2.16. The molecule has 0 aliphatic heterocycles. The smallest absolute Gasteiger partial charge is 0.328 e. The van der Waals surface area contributed by atoms with Crippen LogP contribution in [0.4, 0.5) is 0 Å². The molecule has 0 saturated carbocycles. The van der Waals surface area contributed by atoms with Crippen molar-refractivity contribution in [1.82, 2.24) is 5.32 Å². The number of hydrogen-bond acceptors (Lipinski definition) is 5. The van der Waals surface area contributed by atoms with E-state index < -0.39 is 27.8 Å². The number of hydrogen-bond donors (Lipinski definition) is 1. The largest absolute Gasteiger partial charge is 0.467 e. The van der Waals surface area contributed by atoms with E-state index in [1.54, 1.807) is 48.5 Å². The summed E-state index contributed by atoms with van der Waals surface area (Å²) in [6.45, 7) is 0. The Balaban J connectivity index is 2.08. The SMILES string of the molecule is COC(=O)[C@H](CCS(=O)(=O)c1ccccc1)NC(=O)c1ccccc1. The zero-order valence-corrected chi connectivity index (χ0v) is 14.5. The van der Waals surface area contributed by atoms with Crippen LogP contribution in [-0.2, 0) is 19.4 Å². The van der Waals surface area contributed by atoms with Crippen LogP contribution in [-0.4, -0.2) is 39.2 Å². The van der Waals surface area contributed by atoms with Gasteiger partial charge < -0.3 is 10.1 Å². The number of carbonyl (C=O) groups is 2. The number of methoxy groups -OCH3 is 1. The molecular weight excluding hydrogens is 342 g/mol. The third kappa shape index (κ3) is 5.15. The second kappa shape index (κ2) is 8.43. The van der Waals surface area contributed by atoms with E-state index in [1.165, 1.54) is 19.2 Å². The van der Waals surface area contributed by atoms with E-state index in [0.29, 0.717) is 5.56 Å². The first-order chi connectivity index (χ1) is 11.9. The zero-order valence-electron chi connectivity index (χ0n) is 13.7. The van der Waals surface area contributed by atoms with Crippen molar-refractivity contribution in [2.24, 2.45) is 0 Å². The molecule has 132 valence electrons. The minimum Gasteiger partial charge on any atom is -0.467 e. The lowest BCUT2D eigenvalue weighted by Crippen LogP contribution is -2.42. The van der Waals surface area contributed by atoms with Crippen LogP contribution >= 0.6 is 0 Å². The lowest BCUT2D eigenvalue weighted by atomic mass is 10.1. The summed E-state index contributed by atoms with van der Waals surface area (Å²) in [7, 11) is -2.37. The fraction of sp³-hybridized carbons (Fsp3) is 0.222. The minimum atomic E-state index is -3.56. The molecule has 2 rings (SSSR count). The molecule has 2 aromatic carbocycles. The summed E-state index contributed by atoms with van der Waals surface area (Å²) in [6, 6.07) is 15.3. The first-order valence-electron chi connectivity index (χ1n) is 7.65. The molecule has 1 atom stereocenters. The van der Waals surface area contributed by atoms with Crippen molar-refractivity contribution >= 4 is 21.7 Å². The maximum atomic E-state index is 12.3. The number of rotatable bonds is 7. The molecule has 0 saturated heterocycles. The third-order valence-electron chi connectivity index (χ3n) is 3.60. The molecule has 0 aliphatic rings. The Labute approximate surface area is 146 Å². The molecule has 0 spiro atoms. The monoisotopic (exact) mass is 361 g/mol. The summed E-state index contributed by atoms with van der Waals surface area (Å²) in [5.74, 6) is -1.44. The van der Waals surface area contributed by atoms with Gasteiger partial charge in [0, 0.05) is 5.56 Å². The lowest BCUT2D eigenvalue weighted by molar-refractivity contribution is -0.142. The van der Waals surface area contributed by atoms with Crippen LogP contribution in [0.3, 0.4) is 0 Å². The van der Waals surface area contributed by atoms with Crippen molar-refractivity contribution < 1.29 is 22.7 Å². The van der Waals surface area contributed by atoms with Crippen LogP contribution in [0.1, 0.15) is 16.8 Å². The van der Waals surface area contributed by atoms with Crippen molar-refractivity contribution in [1.29, 1.82) is 0 Å². The standard InChI is InChI=1S/C18H19NO5S/c1-24-18(21)16(19-17(20)14-8-4-2-5-9-14)12-13-25(22,23)15-10-6-3-7-11-15/h2-11,16H,12-13H2,1H3,(H,19,20)/t16-/m0/s1. The summed E-state index contributed by atoms with van der Waals surface area (Å²) in [4.78, 5) is 24.3. The highest BCUT2D eigenvalue weighted by atomic mass is 32.2. The van der Waals surface area contributed by atoms with E-state index in [1.807, 2.05) is 0 Å². The molecular formula is C18H19NO5S. The fourth-order valence-corrected chi connectivity index (χ4v) is 3.59. The number of carbonyl (C=O) groups excluding carboxylic acids is 2. The maximum Gasteiger partial charge on any atom is 0.328 e. The normalized spacial score (nSPS) is 12.2. The first-order valence-corrected chi connectivity index (χ1v) is 9.31. The van der Waals surface area contributed by atoms with Gasteiger partial charge in [-0.3, -0.25) is 4.79 Å². The van der Waals surface area contributed by atoms with E-state index in [4.69, 9.17) is 0 Å². The van der Waals surface area contributed by atoms with Crippen molar-refractivity contribution in [3.8, 4) is 0 Å². The van der Waals surface area contributed by atoms with Crippen molar-refractivity contribution in [3.63, 3.8) is 0 Å². The van der Waals surface area contributed by atoms with Gasteiger partial charge in [-0.05, 0) is 30.7 Å². The van der Waals surface area contributed by atoms with Gasteiger partial charge in [-0.2, -0.15) is 0 Å². The summed E-state index contributed by atoms with van der Waals surface area (Å²) in [5.41, 5.74) is 0.377. The average Bonchev–Trinajstić information content (AvgIpc) is 2.65. The van der Waals surface area contributed by atoms with Crippen molar-refractivity contribution in [2.75, 3.05) is 12.9 Å². The van der Waals surface area contributed by atoms with Gasteiger partial charge in [0.25, 0.3) is 5.91 Å². The molecule has 0 unspecified atom stereocenters. The van der Waals surface area contributed by atoms with Crippen LogP contribution < -0.4 is 5.32 Å². The molecule has 1 N–H and O–H groups in total. The maximum absolute atomic E-state index is 12.3. The number of amides is 1. The Kier molecular flexibility index (Phi) is 6.30. The first kappa shape index (κ1) is 18.7. The highest BCUT2D eigenvalue weighted by Gasteiger charge is 2.25. The molecule has 0 aromatic heterocycles. The van der Waals surface area contributed by atoms with Gasteiger partial charge in [0.2, 0.25) is 0 Å². The quantitative estimate of drug-likeness (QED) is 0.760. The number of nitrogens with one attached hydrogen (secondary N) is 1. The number of ether oxygens (including phenoxy) is 1. The second-order valence-corrected chi connectivity index (χ2v) is 7.44. The van der Waals surface area contributed by atoms with Crippen LogP contribution in [0.25, 0.3) is 0 Å². The van der Waals surface area contributed by atoms with Gasteiger partial charge in [-0.15, -0.1) is 0 Å². The third-order valence-corrected chi connectivity index (χ3v) is 5.37. The van der Waals surface area contributed by atoms with Gasteiger partial charge in [-0.1, -0.05) is 36.4 Å². The molecule has 0 bridgehead atoms. The van der Waals surface area contributed by atoms with Gasteiger partial charge in [0.1, 0.15) is 6.04 Å². The van der Waals surface area contributed by atoms with E-state index in [9.17, 15) is 18.0 Å². The van der Waals surface area contributed by atoms with E-state index in [2.05, 4.69) is 10.1 Å². The summed E-state index contributed by atoms with van der Waals surface area (Å²) in [6.07, 6.45) is -0.0809. The molecule has 0 radical (unpaired) electrons. The Morgan fingerprint density at radius 3 is 2.12 bits per heavy atom. The number of benzene rings is 2. The molecule has 2 aromatic rings. The number of esters is 1. The number of sulfone groups is 1. The van der Waals surface area contributed by atoms with E-state index in [-0.39, 0.29) is 17.1 Å². The predicted molar refractivity (Wildman–Crippen MR) is 92.8 cm³/mol. The minimum absolute atomic E-state index is 0.0809. The Bertz CT molecular complexity index is 819. The Morgan fingerprint density at radius 1 is 1.00 bits per heavy atom. The Hall–Kier alpha value is -2.67. The van der Waals surface area contributed by atoms with Crippen molar-refractivity contribution in [2.45, 2.75) is 17.4 Å². The van der Waals surface area contributed by atoms with Crippen LogP contribution in [0.5, 0.6) is 0 Å². The fourth-order valence-electron chi connectivity index (χ4n) is 2.24. The zero-order chi connectivity index (χ0) is 18.3.